The molecule has 0 spiro atoms. The van der Waals surface area contributed by atoms with Crippen LogP contribution < -0.4 is 15.1 Å². The largest absolute Gasteiger partial charge is 0.497 e. The van der Waals surface area contributed by atoms with Crippen molar-refractivity contribution in [1.29, 1.82) is 0 Å². The molecule has 0 saturated carbocycles. The van der Waals surface area contributed by atoms with Crippen molar-refractivity contribution in [3.05, 3.63) is 90.5 Å². The molecule has 0 aliphatic rings. The lowest BCUT2D eigenvalue weighted by molar-refractivity contribution is 0.153. The number of benzene rings is 3. The minimum atomic E-state index is -2.60. The van der Waals surface area contributed by atoms with Gasteiger partial charge in [-0.15, -0.1) is 0 Å². The molecule has 0 aromatic heterocycles. The second kappa shape index (κ2) is 14.6. The van der Waals surface area contributed by atoms with E-state index in [2.05, 4.69) is 93.0 Å². The van der Waals surface area contributed by atoms with Crippen molar-refractivity contribution in [2.75, 3.05) is 20.3 Å². The monoisotopic (exact) mass is 526 g/mol. The molecule has 3 aromatic carbocycles. The molecule has 0 bridgehead atoms. The Morgan fingerprint density at radius 2 is 1.26 bits per heavy atom. The van der Waals surface area contributed by atoms with Gasteiger partial charge in [-0.25, -0.2) is 0 Å². The second-order valence-corrected chi connectivity index (χ2v) is 14.4. The normalized spacial score (nSPS) is 12.0. The number of methoxy groups -OCH3 is 1. The van der Waals surface area contributed by atoms with Gasteiger partial charge in [-0.1, -0.05) is 117 Å². The maximum absolute atomic E-state index is 10.3. The number of hydrogen-bond donors (Lipinski definition) is 1. The Hall–Kier alpha value is -3.32. The number of rotatable bonds is 10. The molecule has 5 heteroatoms. The quantitative estimate of drug-likeness (QED) is 0.231. The summed E-state index contributed by atoms with van der Waals surface area (Å²) < 4.78 is 17.5. The Morgan fingerprint density at radius 1 is 0.737 bits per heavy atom. The molecule has 198 valence electrons. The smallest absolute Gasteiger partial charge is 0.262 e. The predicted octanol–water partition coefficient (Wildman–Crippen LogP) is 4.94. The lowest BCUT2D eigenvalue weighted by Crippen LogP contribution is -2.66. The molecule has 4 nitrogen and oxygen atoms in total. The topological polar surface area (TPSA) is 47.9 Å². The average molecular weight is 527 g/mol. The fourth-order valence-corrected chi connectivity index (χ4v) is 8.85. The summed E-state index contributed by atoms with van der Waals surface area (Å²) in [4.78, 5) is 0. The molecule has 0 unspecified atom stereocenters. The molecule has 0 amide bonds. The van der Waals surface area contributed by atoms with Crippen LogP contribution in [0.2, 0.25) is 5.04 Å². The standard InChI is InChI=1S/C33H38O4Si/c1-33(2,3)38(31-17-7-5-8-18-31,32-19-9-6-10-20-32)37-26-14-12-16-29(34)15-11-13-25-36-27-28-21-23-30(35-4)24-22-28/h5-10,17-24,29,34H,15-16,25-27H2,1-4H3/t29-/m1/s1. The van der Waals surface area contributed by atoms with Gasteiger partial charge < -0.3 is 19.0 Å². The van der Waals surface area contributed by atoms with Gasteiger partial charge in [-0.05, 0) is 33.1 Å². The van der Waals surface area contributed by atoms with Gasteiger partial charge in [0.25, 0.3) is 8.32 Å². The van der Waals surface area contributed by atoms with E-state index in [1.165, 1.54) is 10.4 Å². The Kier molecular flexibility index (Phi) is 11.2. The second-order valence-electron chi connectivity index (χ2n) is 10.1. The first kappa shape index (κ1) is 29.2. The molecule has 38 heavy (non-hydrogen) atoms. The lowest BCUT2D eigenvalue weighted by Gasteiger charge is -2.42. The molecule has 0 aliphatic heterocycles. The van der Waals surface area contributed by atoms with E-state index < -0.39 is 14.4 Å². The van der Waals surface area contributed by atoms with Crippen LogP contribution in [0.15, 0.2) is 84.9 Å². The fourth-order valence-electron chi connectivity index (χ4n) is 4.40. The van der Waals surface area contributed by atoms with E-state index in [0.29, 0.717) is 32.7 Å². The minimum absolute atomic E-state index is 0.0953. The van der Waals surface area contributed by atoms with Crippen molar-refractivity contribution in [1.82, 2.24) is 0 Å². The van der Waals surface area contributed by atoms with Crippen LogP contribution in [0.25, 0.3) is 0 Å². The zero-order chi connectivity index (χ0) is 27.3. The van der Waals surface area contributed by atoms with Gasteiger partial charge in [0.1, 0.15) is 12.4 Å². The van der Waals surface area contributed by atoms with E-state index in [1.54, 1.807) is 7.11 Å². The summed E-state index contributed by atoms with van der Waals surface area (Å²) in [7, 11) is -0.953. The predicted molar refractivity (Wildman–Crippen MR) is 157 cm³/mol. The summed E-state index contributed by atoms with van der Waals surface area (Å²) in [5.41, 5.74) is 1.06. The zero-order valence-corrected chi connectivity index (χ0v) is 23.9. The van der Waals surface area contributed by atoms with E-state index in [0.717, 1.165) is 11.3 Å². The van der Waals surface area contributed by atoms with Crippen LogP contribution in [-0.4, -0.2) is 39.9 Å². The third-order valence-electron chi connectivity index (χ3n) is 6.31. The summed E-state index contributed by atoms with van der Waals surface area (Å²) in [5.74, 6) is 13.0. The van der Waals surface area contributed by atoms with Gasteiger partial charge in [0, 0.05) is 12.8 Å². The summed E-state index contributed by atoms with van der Waals surface area (Å²) >= 11 is 0. The first-order valence-corrected chi connectivity index (χ1v) is 14.8. The van der Waals surface area contributed by atoms with Crippen LogP contribution in [0.1, 0.15) is 39.2 Å². The highest BCUT2D eigenvalue weighted by Gasteiger charge is 2.49. The Morgan fingerprint density at radius 3 is 1.76 bits per heavy atom. The van der Waals surface area contributed by atoms with Crippen molar-refractivity contribution in [2.45, 2.75) is 51.4 Å². The number of aliphatic hydroxyl groups excluding tert-OH is 1. The van der Waals surface area contributed by atoms with Crippen LogP contribution in [0.5, 0.6) is 5.75 Å². The molecular weight excluding hydrogens is 488 g/mol. The molecule has 3 aromatic rings. The first-order chi connectivity index (χ1) is 18.4. The number of hydrogen-bond acceptors (Lipinski definition) is 4. The lowest BCUT2D eigenvalue weighted by atomic mass is 10.2. The number of ether oxygens (including phenoxy) is 2. The highest BCUT2D eigenvalue weighted by atomic mass is 28.4. The van der Waals surface area contributed by atoms with Gasteiger partial charge >= 0.3 is 0 Å². The Labute approximate surface area is 229 Å². The number of aliphatic hydroxyl groups is 1. The summed E-state index contributed by atoms with van der Waals surface area (Å²) in [6.07, 6.45) is 0.103. The molecule has 0 aliphatic carbocycles. The van der Waals surface area contributed by atoms with E-state index in [1.807, 2.05) is 36.4 Å². The van der Waals surface area contributed by atoms with Gasteiger partial charge in [0.15, 0.2) is 0 Å². The molecule has 0 fully saturated rings. The Balaban J connectivity index is 1.52. The van der Waals surface area contributed by atoms with E-state index in [9.17, 15) is 5.11 Å². The van der Waals surface area contributed by atoms with Crippen molar-refractivity contribution in [3.8, 4) is 29.4 Å². The Bertz CT molecular complexity index is 1190. The van der Waals surface area contributed by atoms with Crippen molar-refractivity contribution >= 4 is 18.7 Å². The average Bonchev–Trinajstić information content (AvgIpc) is 2.93. The maximum Gasteiger partial charge on any atom is 0.262 e. The van der Waals surface area contributed by atoms with Crippen LogP contribution in [0.4, 0.5) is 0 Å². The molecule has 1 N–H and O–H groups in total. The van der Waals surface area contributed by atoms with Crippen LogP contribution in [0, 0.1) is 23.7 Å². The van der Waals surface area contributed by atoms with Crippen LogP contribution in [0.3, 0.4) is 0 Å². The third kappa shape index (κ3) is 8.09. The zero-order valence-electron chi connectivity index (χ0n) is 22.9. The van der Waals surface area contributed by atoms with Gasteiger partial charge in [0.2, 0.25) is 0 Å². The molecule has 3 rings (SSSR count). The first-order valence-electron chi connectivity index (χ1n) is 12.9. The van der Waals surface area contributed by atoms with Crippen molar-refractivity contribution in [3.63, 3.8) is 0 Å². The van der Waals surface area contributed by atoms with Crippen molar-refractivity contribution in [2.24, 2.45) is 0 Å². The minimum Gasteiger partial charge on any atom is -0.497 e. The van der Waals surface area contributed by atoms with E-state index in [4.69, 9.17) is 13.9 Å². The van der Waals surface area contributed by atoms with Crippen LogP contribution in [-0.2, 0) is 15.8 Å². The molecular formula is C33H38O4Si. The van der Waals surface area contributed by atoms with Gasteiger partial charge in [-0.3, -0.25) is 0 Å². The highest BCUT2D eigenvalue weighted by Crippen LogP contribution is 2.36. The van der Waals surface area contributed by atoms with Crippen LogP contribution >= 0.6 is 0 Å². The SMILES string of the molecule is COc1ccc(COCC#CC[C@@H](O)CC#CCO[Si](c2ccccc2)(c2ccccc2)C(C)(C)C)cc1. The summed E-state index contributed by atoms with van der Waals surface area (Å²) in [6.45, 7) is 7.85. The summed E-state index contributed by atoms with van der Waals surface area (Å²) in [5, 5.41) is 12.6. The van der Waals surface area contributed by atoms with Gasteiger partial charge in [0.05, 0.1) is 26.4 Å². The maximum atomic E-state index is 10.3. The highest BCUT2D eigenvalue weighted by molar-refractivity contribution is 6.99. The van der Waals surface area contributed by atoms with E-state index in [-0.39, 0.29) is 5.04 Å². The molecule has 0 saturated heterocycles. The molecule has 0 radical (unpaired) electrons. The summed E-state index contributed by atoms with van der Waals surface area (Å²) in [6, 6.07) is 28.8. The van der Waals surface area contributed by atoms with Crippen molar-refractivity contribution < 1.29 is 19.0 Å². The fraction of sp³-hybridized carbons (Fsp3) is 0.333. The third-order valence-corrected chi connectivity index (χ3v) is 11.3. The molecule has 0 heterocycles. The van der Waals surface area contributed by atoms with Gasteiger partial charge in [-0.2, -0.15) is 0 Å². The molecule has 1 atom stereocenters. The van der Waals surface area contributed by atoms with E-state index >= 15 is 0 Å².